The minimum absolute atomic E-state index is 0.862. The average Bonchev–Trinajstić information content (AvgIpc) is 2.25. The van der Waals surface area contributed by atoms with E-state index in [-0.39, 0.29) is 0 Å². The van der Waals surface area contributed by atoms with Crippen LogP contribution >= 0.6 is 0 Å². The molecule has 0 aromatic rings. The van der Waals surface area contributed by atoms with Gasteiger partial charge in [-0.15, -0.1) is 0 Å². The molecule has 92 valence electrons. The van der Waals surface area contributed by atoms with E-state index in [0.717, 1.165) is 12.5 Å². The summed E-state index contributed by atoms with van der Waals surface area (Å²) in [4.78, 5) is 0. The van der Waals surface area contributed by atoms with Crippen LogP contribution in [0.3, 0.4) is 0 Å². The van der Waals surface area contributed by atoms with Gasteiger partial charge in [-0.2, -0.15) is 0 Å². The average molecular weight is 213 g/mol. The molecule has 0 radical (unpaired) electrons. The molecular weight excluding hydrogens is 182 g/mol. The van der Waals surface area contributed by atoms with Gasteiger partial charge in [0.25, 0.3) is 0 Å². The summed E-state index contributed by atoms with van der Waals surface area (Å²) in [6, 6.07) is 0. The molecule has 1 atom stereocenters. The Morgan fingerprint density at radius 2 is 1.33 bits per heavy atom. The second kappa shape index (κ2) is 12.0. The first kappa shape index (κ1) is 15.0. The summed E-state index contributed by atoms with van der Waals surface area (Å²) in [5.74, 6) is 0.893. The molecule has 0 fully saturated rings. The molecule has 0 saturated heterocycles. The van der Waals surface area contributed by atoms with Gasteiger partial charge in [0, 0.05) is 0 Å². The number of hydrogen-bond donors (Lipinski definition) is 1. The highest BCUT2D eigenvalue weighted by molar-refractivity contribution is 4.55. The van der Waals surface area contributed by atoms with E-state index in [1.807, 2.05) is 0 Å². The summed E-state index contributed by atoms with van der Waals surface area (Å²) < 4.78 is 0. The first-order valence-electron chi connectivity index (χ1n) is 7.01. The SMILES string of the molecule is CCCCCCCCCC(C)CCCN. The molecule has 1 heteroatoms. The Hall–Kier alpha value is -0.0400. The smallest absolute Gasteiger partial charge is 0.00772 e. The van der Waals surface area contributed by atoms with Crippen LogP contribution in [0.5, 0.6) is 0 Å². The van der Waals surface area contributed by atoms with Gasteiger partial charge in [-0.1, -0.05) is 65.2 Å². The van der Waals surface area contributed by atoms with Gasteiger partial charge in [0.2, 0.25) is 0 Å². The molecule has 0 aliphatic rings. The van der Waals surface area contributed by atoms with E-state index in [4.69, 9.17) is 5.73 Å². The number of rotatable bonds is 11. The van der Waals surface area contributed by atoms with Gasteiger partial charge in [0.05, 0.1) is 0 Å². The first-order valence-corrected chi connectivity index (χ1v) is 7.01. The number of hydrogen-bond acceptors (Lipinski definition) is 1. The zero-order valence-electron chi connectivity index (χ0n) is 10.9. The van der Waals surface area contributed by atoms with Gasteiger partial charge in [-0.25, -0.2) is 0 Å². The molecule has 0 rings (SSSR count). The first-order chi connectivity index (χ1) is 7.31. The summed E-state index contributed by atoms with van der Waals surface area (Å²) in [5.41, 5.74) is 5.50. The lowest BCUT2D eigenvalue weighted by molar-refractivity contribution is 0.446. The van der Waals surface area contributed by atoms with Gasteiger partial charge in [-0.05, 0) is 25.3 Å². The third kappa shape index (κ3) is 11.9. The fraction of sp³-hybridized carbons (Fsp3) is 1.00. The number of nitrogens with two attached hydrogens (primary N) is 1. The maximum absolute atomic E-state index is 5.50. The Kier molecular flexibility index (Phi) is 12.0. The van der Waals surface area contributed by atoms with E-state index in [1.165, 1.54) is 64.2 Å². The molecule has 0 aliphatic heterocycles. The molecule has 0 heterocycles. The molecule has 0 amide bonds. The maximum atomic E-state index is 5.50. The summed E-state index contributed by atoms with van der Waals surface area (Å²) in [6.07, 6.45) is 13.9. The van der Waals surface area contributed by atoms with Gasteiger partial charge in [0.15, 0.2) is 0 Å². The van der Waals surface area contributed by atoms with Gasteiger partial charge in [0.1, 0.15) is 0 Å². The molecule has 1 unspecified atom stereocenters. The minimum Gasteiger partial charge on any atom is -0.330 e. The molecule has 15 heavy (non-hydrogen) atoms. The van der Waals surface area contributed by atoms with Gasteiger partial charge >= 0.3 is 0 Å². The highest BCUT2D eigenvalue weighted by Gasteiger charge is 2.00. The lowest BCUT2D eigenvalue weighted by Gasteiger charge is -2.09. The molecule has 1 nitrogen and oxygen atoms in total. The zero-order chi connectivity index (χ0) is 11.4. The Labute approximate surface area is 96.8 Å². The largest absolute Gasteiger partial charge is 0.330 e. The Bertz CT molecular complexity index is 112. The van der Waals surface area contributed by atoms with Crippen molar-refractivity contribution in [3.63, 3.8) is 0 Å². The van der Waals surface area contributed by atoms with E-state index < -0.39 is 0 Å². The van der Waals surface area contributed by atoms with Gasteiger partial charge in [-0.3, -0.25) is 0 Å². The molecule has 2 N–H and O–H groups in total. The van der Waals surface area contributed by atoms with Gasteiger partial charge < -0.3 is 5.73 Å². The monoisotopic (exact) mass is 213 g/mol. The van der Waals surface area contributed by atoms with Crippen LogP contribution < -0.4 is 5.73 Å². The summed E-state index contributed by atoms with van der Waals surface area (Å²) in [7, 11) is 0. The van der Waals surface area contributed by atoms with Crippen LogP contribution in [0.1, 0.15) is 78.1 Å². The third-order valence-electron chi connectivity index (χ3n) is 3.20. The molecule has 0 aromatic heterocycles. The minimum atomic E-state index is 0.862. The fourth-order valence-corrected chi connectivity index (χ4v) is 2.06. The van der Waals surface area contributed by atoms with Crippen molar-refractivity contribution in [3.05, 3.63) is 0 Å². The van der Waals surface area contributed by atoms with Crippen molar-refractivity contribution in [3.8, 4) is 0 Å². The fourth-order valence-electron chi connectivity index (χ4n) is 2.06. The van der Waals surface area contributed by atoms with Crippen LogP contribution in [0.2, 0.25) is 0 Å². The van der Waals surface area contributed by atoms with Crippen molar-refractivity contribution in [2.75, 3.05) is 6.54 Å². The van der Waals surface area contributed by atoms with E-state index >= 15 is 0 Å². The lowest BCUT2D eigenvalue weighted by Crippen LogP contribution is -2.02. The molecule has 0 aromatic carbocycles. The predicted molar refractivity (Wildman–Crippen MR) is 70.1 cm³/mol. The summed E-state index contributed by atoms with van der Waals surface area (Å²) in [5, 5.41) is 0. The zero-order valence-corrected chi connectivity index (χ0v) is 10.9. The van der Waals surface area contributed by atoms with Crippen molar-refractivity contribution in [2.45, 2.75) is 78.1 Å². The highest BCUT2D eigenvalue weighted by Crippen LogP contribution is 2.15. The quantitative estimate of drug-likeness (QED) is 0.502. The molecule has 0 bridgehead atoms. The summed E-state index contributed by atoms with van der Waals surface area (Å²) >= 11 is 0. The van der Waals surface area contributed by atoms with E-state index in [9.17, 15) is 0 Å². The Morgan fingerprint density at radius 1 is 0.800 bits per heavy atom. The van der Waals surface area contributed by atoms with Crippen molar-refractivity contribution < 1.29 is 0 Å². The second-order valence-electron chi connectivity index (χ2n) is 4.95. The third-order valence-corrected chi connectivity index (χ3v) is 3.20. The molecule has 0 aliphatic carbocycles. The molecule has 0 saturated carbocycles. The van der Waals surface area contributed by atoms with Crippen LogP contribution in [0.15, 0.2) is 0 Å². The molecular formula is C14H31N. The second-order valence-corrected chi connectivity index (χ2v) is 4.95. The van der Waals surface area contributed by atoms with Crippen LogP contribution in [0.4, 0.5) is 0 Å². The topological polar surface area (TPSA) is 26.0 Å². The maximum Gasteiger partial charge on any atom is -0.00772 e. The van der Waals surface area contributed by atoms with Crippen molar-refractivity contribution >= 4 is 0 Å². The van der Waals surface area contributed by atoms with E-state index in [2.05, 4.69) is 13.8 Å². The summed E-state index contributed by atoms with van der Waals surface area (Å²) in [6.45, 7) is 5.51. The van der Waals surface area contributed by atoms with Crippen LogP contribution in [-0.2, 0) is 0 Å². The van der Waals surface area contributed by atoms with Crippen molar-refractivity contribution in [1.29, 1.82) is 0 Å². The highest BCUT2D eigenvalue weighted by atomic mass is 14.5. The van der Waals surface area contributed by atoms with Crippen LogP contribution in [0.25, 0.3) is 0 Å². The van der Waals surface area contributed by atoms with E-state index in [0.29, 0.717) is 0 Å². The Morgan fingerprint density at radius 3 is 1.93 bits per heavy atom. The van der Waals surface area contributed by atoms with Crippen molar-refractivity contribution in [2.24, 2.45) is 11.7 Å². The Balaban J connectivity index is 3.02. The van der Waals surface area contributed by atoms with Crippen molar-refractivity contribution in [1.82, 2.24) is 0 Å². The normalized spacial score (nSPS) is 13.0. The van der Waals surface area contributed by atoms with Crippen LogP contribution in [-0.4, -0.2) is 6.54 Å². The lowest BCUT2D eigenvalue weighted by atomic mass is 9.97. The molecule has 0 spiro atoms. The predicted octanol–water partition coefficient (Wildman–Crippen LogP) is 4.50. The van der Waals surface area contributed by atoms with Crippen LogP contribution in [0, 0.1) is 5.92 Å². The standard InChI is InChI=1S/C14H31N/c1-3-4-5-6-7-8-9-11-14(2)12-10-13-15/h14H,3-13,15H2,1-2H3. The number of unbranched alkanes of at least 4 members (excludes halogenated alkanes) is 6. The van der Waals surface area contributed by atoms with E-state index in [1.54, 1.807) is 0 Å².